The molecular formula is C14H19F3N2S. The first kappa shape index (κ1) is 15.5. The third kappa shape index (κ3) is 3.41. The van der Waals surface area contributed by atoms with Crippen molar-refractivity contribution < 1.29 is 13.2 Å². The molecule has 112 valence electrons. The van der Waals surface area contributed by atoms with Crippen LogP contribution in [0.3, 0.4) is 0 Å². The Morgan fingerprint density at radius 3 is 2.35 bits per heavy atom. The lowest BCUT2D eigenvalue weighted by Crippen LogP contribution is -2.40. The fourth-order valence-corrected chi connectivity index (χ4v) is 3.92. The average Bonchev–Trinajstić information content (AvgIpc) is 2.35. The standard InChI is InChI=1S/C14H19F3N2S/c1-9-7-19(8-10(2)20-9)12-4-3-11(6-18)13(5-12)14(15,16)17/h3-5,9-10H,6-8,18H2,1-2H3. The van der Waals surface area contributed by atoms with Crippen LogP contribution in [0.15, 0.2) is 18.2 Å². The van der Waals surface area contributed by atoms with E-state index in [4.69, 9.17) is 5.73 Å². The molecule has 0 amide bonds. The van der Waals surface area contributed by atoms with Crippen molar-refractivity contribution >= 4 is 17.4 Å². The lowest BCUT2D eigenvalue weighted by Gasteiger charge is -2.36. The van der Waals surface area contributed by atoms with Gasteiger partial charge in [0.1, 0.15) is 0 Å². The van der Waals surface area contributed by atoms with E-state index in [0.717, 1.165) is 13.1 Å². The second-order valence-electron chi connectivity index (χ2n) is 5.21. The van der Waals surface area contributed by atoms with Crippen molar-refractivity contribution in [3.05, 3.63) is 29.3 Å². The molecule has 0 saturated carbocycles. The van der Waals surface area contributed by atoms with Gasteiger partial charge in [-0.2, -0.15) is 24.9 Å². The van der Waals surface area contributed by atoms with Crippen LogP contribution in [0.1, 0.15) is 25.0 Å². The Bertz CT molecular complexity index is 466. The topological polar surface area (TPSA) is 29.3 Å². The molecule has 1 aliphatic heterocycles. The minimum atomic E-state index is -4.35. The van der Waals surface area contributed by atoms with E-state index in [1.54, 1.807) is 6.07 Å². The van der Waals surface area contributed by atoms with Crippen molar-refractivity contribution in [2.75, 3.05) is 18.0 Å². The highest BCUT2D eigenvalue weighted by atomic mass is 32.2. The largest absolute Gasteiger partial charge is 0.416 e. The van der Waals surface area contributed by atoms with Crippen LogP contribution in [-0.2, 0) is 12.7 Å². The average molecular weight is 304 g/mol. The van der Waals surface area contributed by atoms with Crippen molar-refractivity contribution in [3.63, 3.8) is 0 Å². The lowest BCUT2D eigenvalue weighted by molar-refractivity contribution is -0.138. The summed E-state index contributed by atoms with van der Waals surface area (Å²) >= 11 is 1.87. The number of hydrogen-bond donors (Lipinski definition) is 1. The lowest BCUT2D eigenvalue weighted by atomic mass is 10.1. The molecule has 0 aromatic heterocycles. The maximum atomic E-state index is 13.1. The number of anilines is 1. The predicted molar refractivity (Wildman–Crippen MR) is 78.1 cm³/mol. The van der Waals surface area contributed by atoms with Gasteiger partial charge >= 0.3 is 6.18 Å². The van der Waals surface area contributed by atoms with Gasteiger partial charge in [0, 0.05) is 35.8 Å². The highest BCUT2D eigenvalue weighted by molar-refractivity contribution is 8.00. The van der Waals surface area contributed by atoms with Crippen LogP contribution in [0.2, 0.25) is 0 Å². The molecule has 0 radical (unpaired) electrons. The van der Waals surface area contributed by atoms with E-state index in [2.05, 4.69) is 13.8 Å². The Labute approximate surface area is 121 Å². The smallest absolute Gasteiger partial charge is 0.369 e. The Balaban J connectivity index is 2.33. The van der Waals surface area contributed by atoms with Gasteiger partial charge < -0.3 is 10.6 Å². The van der Waals surface area contributed by atoms with Gasteiger partial charge in [0.2, 0.25) is 0 Å². The summed E-state index contributed by atoms with van der Waals surface area (Å²) in [4.78, 5) is 2.03. The fraction of sp³-hybridized carbons (Fsp3) is 0.571. The van der Waals surface area contributed by atoms with Gasteiger partial charge in [-0.05, 0) is 17.7 Å². The van der Waals surface area contributed by atoms with Crippen molar-refractivity contribution in [1.82, 2.24) is 0 Å². The van der Waals surface area contributed by atoms with E-state index in [1.165, 1.54) is 12.1 Å². The zero-order valence-electron chi connectivity index (χ0n) is 11.6. The third-order valence-electron chi connectivity index (χ3n) is 3.40. The van der Waals surface area contributed by atoms with Crippen molar-refractivity contribution in [2.45, 2.75) is 37.1 Å². The molecule has 2 nitrogen and oxygen atoms in total. The van der Waals surface area contributed by atoms with Crippen LogP contribution in [0.4, 0.5) is 18.9 Å². The summed E-state index contributed by atoms with van der Waals surface area (Å²) in [6.45, 7) is 5.65. The second-order valence-corrected chi connectivity index (χ2v) is 7.09. The van der Waals surface area contributed by atoms with E-state index in [9.17, 15) is 13.2 Å². The zero-order valence-corrected chi connectivity index (χ0v) is 12.4. The summed E-state index contributed by atoms with van der Waals surface area (Å²) < 4.78 is 39.2. The van der Waals surface area contributed by atoms with Gasteiger partial charge in [-0.25, -0.2) is 0 Å². The summed E-state index contributed by atoms with van der Waals surface area (Å²) in [5, 5.41) is 0.838. The minimum absolute atomic E-state index is 0.0994. The maximum Gasteiger partial charge on any atom is 0.416 e. The van der Waals surface area contributed by atoms with Crippen LogP contribution >= 0.6 is 11.8 Å². The molecule has 2 N–H and O–H groups in total. The molecule has 1 aromatic carbocycles. The number of alkyl halides is 3. The number of hydrogen-bond acceptors (Lipinski definition) is 3. The van der Waals surface area contributed by atoms with E-state index in [1.807, 2.05) is 16.7 Å². The number of nitrogens with two attached hydrogens (primary N) is 1. The molecule has 20 heavy (non-hydrogen) atoms. The molecule has 0 aliphatic carbocycles. The van der Waals surface area contributed by atoms with Gasteiger partial charge in [0.25, 0.3) is 0 Å². The second kappa shape index (κ2) is 5.85. The van der Waals surface area contributed by atoms with Gasteiger partial charge in [0.15, 0.2) is 0 Å². The van der Waals surface area contributed by atoms with Crippen LogP contribution < -0.4 is 10.6 Å². The Morgan fingerprint density at radius 1 is 1.25 bits per heavy atom. The predicted octanol–water partition coefficient (Wildman–Crippen LogP) is 3.49. The number of thioether (sulfide) groups is 1. The number of benzene rings is 1. The van der Waals surface area contributed by atoms with Gasteiger partial charge in [-0.3, -0.25) is 0 Å². The van der Waals surface area contributed by atoms with Crippen LogP contribution in [0.25, 0.3) is 0 Å². The van der Waals surface area contributed by atoms with E-state index in [-0.39, 0.29) is 12.1 Å². The first-order valence-corrected chi connectivity index (χ1v) is 7.56. The fourth-order valence-electron chi connectivity index (χ4n) is 2.59. The molecule has 0 bridgehead atoms. The SMILES string of the molecule is CC1CN(c2ccc(CN)c(C(F)(F)F)c2)CC(C)S1. The van der Waals surface area contributed by atoms with Crippen LogP contribution in [0, 0.1) is 0 Å². The van der Waals surface area contributed by atoms with Gasteiger partial charge in [0.05, 0.1) is 5.56 Å². The molecule has 1 saturated heterocycles. The third-order valence-corrected chi connectivity index (χ3v) is 4.63. The van der Waals surface area contributed by atoms with Crippen molar-refractivity contribution in [2.24, 2.45) is 5.73 Å². The summed E-state index contributed by atoms with van der Waals surface area (Å²) in [7, 11) is 0. The number of rotatable bonds is 2. The van der Waals surface area contributed by atoms with Crippen LogP contribution in [-0.4, -0.2) is 23.6 Å². The molecular weight excluding hydrogens is 285 g/mol. The summed E-state index contributed by atoms with van der Waals surface area (Å²) in [5.74, 6) is 0. The normalized spacial score (nSPS) is 24.0. The zero-order chi connectivity index (χ0) is 14.9. The molecule has 2 atom stereocenters. The number of nitrogens with zero attached hydrogens (tertiary/aromatic N) is 1. The minimum Gasteiger partial charge on any atom is -0.369 e. The summed E-state index contributed by atoms with van der Waals surface area (Å²) in [5.41, 5.74) is 5.57. The Morgan fingerprint density at radius 2 is 1.85 bits per heavy atom. The summed E-state index contributed by atoms with van der Waals surface area (Å²) in [6, 6.07) is 4.47. The molecule has 2 unspecified atom stereocenters. The van der Waals surface area contributed by atoms with E-state index < -0.39 is 11.7 Å². The Hall–Kier alpha value is -0.880. The first-order valence-electron chi connectivity index (χ1n) is 6.62. The Kier molecular flexibility index (Phi) is 4.54. The van der Waals surface area contributed by atoms with E-state index >= 15 is 0 Å². The molecule has 0 spiro atoms. The maximum absolute atomic E-state index is 13.1. The molecule has 1 heterocycles. The quantitative estimate of drug-likeness (QED) is 0.907. The molecule has 6 heteroatoms. The van der Waals surface area contributed by atoms with Crippen molar-refractivity contribution in [1.29, 1.82) is 0 Å². The van der Waals surface area contributed by atoms with Gasteiger partial charge in [-0.15, -0.1) is 0 Å². The monoisotopic (exact) mass is 304 g/mol. The number of halogens is 3. The first-order chi connectivity index (χ1) is 9.31. The van der Waals surface area contributed by atoms with Crippen LogP contribution in [0.5, 0.6) is 0 Å². The van der Waals surface area contributed by atoms with Gasteiger partial charge in [-0.1, -0.05) is 19.9 Å². The highest BCUT2D eigenvalue weighted by Gasteiger charge is 2.34. The van der Waals surface area contributed by atoms with Crippen molar-refractivity contribution in [3.8, 4) is 0 Å². The molecule has 1 aromatic rings. The van der Waals surface area contributed by atoms with E-state index in [0.29, 0.717) is 16.2 Å². The highest BCUT2D eigenvalue weighted by Crippen LogP contribution is 2.36. The molecule has 1 fully saturated rings. The summed E-state index contributed by atoms with van der Waals surface area (Å²) in [6.07, 6.45) is -4.35. The molecule has 1 aliphatic rings. The molecule has 2 rings (SSSR count).